The maximum absolute atomic E-state index is 13.2. The zero-order valence-electron chi connectivity index (χ0n) is 22.5. The van der Waals surface area contributed by atoms with E-state index in [1.54, 1.807) is 0 Å². The minimum Gasteiger partial charge on any atom is -0.490 e. The maximum atomic E-state index is 13.2. The van der Waals surface area contributed by atoms with Gasteiger partial charge in [0.25, 0.3) is 0 Å². The predicted octanol–water partition coefficient (Wildman–Crippen LogP) is 4.08. The van der Waals surface area contributed by atoms with Gasteiger partial charge in [0.1, 0.15) is 25.1 Å². The number of sulfone groups is 1. The van der Waals surface area contributed by atoms with Gasteiger partial charge in [-0.25, -0.2) is 8.42 Å². The van der Waals surface area contributed by atoms with E-state index in [0.29, 0.717) is 0 Å². The third-order valence-electron chi connectivity index (χ3n) is 5.25. The summed E-state index contributed by atoms with van der Waals surface area (Å²) in [7, 11) is -4.07. The first-order valence-electron chi connectivity index (χ1n) is 11.9. The van der Waals surface area contributed by atoms with Gasteiger partial charge in [0.2, 0.25) is 21.7 Å². The molecule has 0 fully saturated rings. The molecule has 0 aliphatic rings. The van der Waals surface area contributed by atoms with Gasteiger partial charge in [-0.15, -0.1) is 11.6 Å². The number of ether oxygens (including phenoxy) is 4. The summed E-state index contributed by atoms with van der Waals surface area (Å²) in [6, 6.07) is 7.69. The quantitative estimate of drug-likeness (QED) is 0.229. The number of hydrogen-bond donors (Lipinski definition) is 0. The van der Waals surface area contributed by atoms with Crippen LogP contribution in [0.25, 0.3) is 0 Å². The molecule has 0 saturated carbocycles. The smallest absolute Gasteiger partial charge is 0.303 e. The average Bonchev–Trinajstić information content (AvgIpc) is 2.88. The summed E-state index contributed by atoms with van der Waals surface area (Å²) in [5.41, 5.74) is 0. The second kappa shape index (κ2) is 15.2. The molecular formula is C26H28Cl3NO10S. The Hall–Kier alpha value is -3.06. The number of imide groups is 1. The molecule has 0 radical (unpaired) electrons. The van der Waals surface area contributed by atoms with Gasteiger partial charge in [-0.2, -0.15) is 0 Å². The van der Waals surface area contributed by atoms with Crippen LogP contribution in [0.1, 0.15) is 27.7 Å². The fourth-order valence-electron chi connectivity index (χ4n) is 3.43. The lowest BCUT2D eigenvalue weighted by Crippen LogP contribution is -2.43. The minimum absolute atomic E-state index is 0.00579. The van der Waals surface area contributed by atoms with Gasteiger partial charge in [-0.1, -0.05) is 23.2 Å². The topological polar surface area (TPSA) is 143 Å². The van der Waals surface area contributed by atoms with E-state index in [1.807, 2.05) is 0 Å². The van der Waals surface area contributed by atoms with E-state index >= 15 is 0 Å². The molecule has 2 aromatic carbocycles. The standard InChI is InChI=1S/C26H28Cl3NO10S/c1-15(31)30(16(2)32)12-21(40-18(4)34)14-37-19-5-7-22(8-6-19)41(35,36)23-9-24(28)26(25(29)10-23)38-13-20(11-27)39-17(3)33/h5-10,20-21H,11-14H2,1-4H3. The molecule has 2 atom stereocenters. The Morgan fingerprint density at radius 1 is 0.780 bits per heavy atom. The van der Waals surface area contributed by atoms with Crippen LogP contribution in [0.3, 0.4) is 0 Å². The number of rotatable bonds is 13. The van der Waals surface area contributed by atoms with Crippen molar-refractivity contribution in [1.29, 1.82) is 0 Å². The first kappa shape index (κ1) is 34.1. The molecule has 0 aliphatic carbocycles. The zero-order chi connectivity index (χ0) is 30.9. The average molecular weight is 653 g/mol. The van der Waals surface area contributed by atoms with Crippen molar-refractivity contribution < 1.29 is 46.5 Å². The van der Waals surface area contributed by atoms with Crippen molar-refractivity contribution in [1.82, 2.24) is 4.90 Å². The van der Waals surface area contributed by atoms with Crippen LogP contribution in [0.4, 0.5) is 0 Å². The lowest BCUT2D eigenvalue weighted by Gasteiger charge is -2.24. The molecule has 2 aromatic rings. The number of carbonyl (C=O) groups is 4. The van der Waals surface area contributed by atoms with Gasteiger partial charge in [-0.05, 0) is 36.4 Å². The Balaban J connectivity index is 2.17. The first-order chi connectivity index (χ1) is 19.1. The number of esters is 2. The van der Waals surface area contributed by atoms with Gasteiger partial charge in [-0.3, -0.25) is 24.1 Å². The summed E-state index contributed by atoms with van der Waals surface area (Å²) >= 11 is 18.3. The molecule has 2 rings (SSSR count). The van der Waals surface area contributed by atoms with Crippen LogP contribution in [-0.2, 0) is 38.5 Å². The van der Waals surface area contributed by atoms with Gasteiger partial charge in [0.15, 0.2) is 11.9 Å². The Morgan fingerprint density at radius 3 is 1.73 bits per heavy atom. The van der Waals surface area contributed by atoms with Crippen molar-refractivity contribution in [3.8, 4) is 11.5 Å². The predicted molar refractivity (Wildman–Crippen MR) is 149 cm³/mol. The Kier molecular flexibility index (Phi) is 12.7. The largest absolute Gasteiger partial charge is 0.490 e. The van der Waals surface area contributed by atoms with E-state index in [4.69, 9.17) is 53.8 Å². The van der Waals surface area contributed by atoms with Gasteiger partial charge < -0.3 is 18.9 Å². The molecule has 15 heteroatoms. The summed E-state index contributed by atoms with van der Waals surface area (Å²) < 4.78 is 47.7. The minimum atomic E-state index is -4.07. The highest BCUT2D eigenvalue weighted by Crippen LogP contribution is 2.37. The lowest BCUT2D eigenvalue weighted by atomic mass is 10.3. The highest BCUT2D eigenvalue weighted by atomic mass is 35.5. The van der Waals surface area contributed by atoms with Crippen molar-refractivity contribution in [2.45, 2.75) is 49.7 Å². The number of alkyl halides is 1. The van der Waals surface area contributed by atoms with E-state index in [9.17, 15) is 27.6 Å². The highest BCUT2D eigenvalue weighted by molar-refractivity contribution is 7.91. The molecule has 0 heterocycles. The van der Waals surface area contributed by atoms with E-state index < -0.39 is 45.8 Å². The number of nitrogens with zero attached hydrogens (tertiary/aromatic N) is 1. The molecular weight excluding hydrogens is 625 g/mol. The van der Waals surface area contributed by atoms with Crippen LogP contribution >= 0.6 is 34.8 Å². The van der Waals surface area contributed by atoms with Crippen molar-refractivity contribution in [3.05, 3.63) is 46.4 Å². The molecule has 0 aliphatic heterocycles. The second-order valence-electron chi connectivity index (χ2n) is 8.58. The SMILES string of the molecule is CC(=O)OC(CCl)COc1c(Cl)cc(S(=O)(=O)c2ccc(OCC(CN(C(C)=O)C(C)=O)OC(C)=O)cc2)cc1Cl. The van der Waals surface area contributed by atoms with Crippen LogP contribution in [0.5, 0.6) is 11.5 Å². The normalized spacial score (nSPS) is 12.6. The van der Waals surface area contributed by atoms with Gasteiger partial charge in [0.05, 0.1) is 32.3 Å². The Bertz CT molecular complexity index is 1350. The molecule has 0 saturated heterocycles. The first-order valence-corrected chi connectivity index (χ1v) is 14.7. The molecule has 0 bridgehead atoms. The van der Waals surface area contributed by atoms with Gasteiger partial charge in [0, 0.05) is 27.7 Å². The van der Waals surface area contributed by atoms with Crippen molar-refractivity contribution in [3.63, 3.8) is 0 Å². The Morgan fingerprint density at radius 2 is 1.27 bits per heavy atom. The zero-order valence-corrected chi connectivity index (χ0v) is 25.6. The van der Waals surface area contributed by atoms with Crippen LogP contribution < -0.4 is 9.47 Å². The van der Waals surface area contributed by atoms with Crippen LogP contribution in [-0.4, -0.2) is 74.9 Å². The molecule has 0 aromatic heterocycles. The third kappa shape index (κ3) is 10.1. The van der Waals surface area contributed by atoms with Crippen LogP contribution in [0, 0.1) is 0 Å². The molecule has 224 valence electrons. The monoisotopic (exact) mass is 651 g/mol. The summed E-state index contributed by atoms with van der Waals surface area (Å²) in [6.07, 6.45) is -1.72. The van der Waals surface area contributed by atoms with E-state index in [2.05, 4.69) is 0 Å². The van der Waals surface area contributed by atoms with Gasteiger partial charge >= 0.3 is 11.9 Å². The maximum Gasteiger partial charge on any atom is 0.303 e. The third-order valence-corrected chi connectivity index (χ3v) is 7.90. The molecule has 11 nitrogen and oxygen atoms in total. The number of halogens is 3. The second-order valence-corrected chi connectivity index (χ2v) is 11.7. The van der Waals surface area contributed by atoms with Crippen LogP contribution in [0.15, 0.2) is 46.2 Å². The summed E-state index contributed by atoms with van der Waals surface area (Å²) in [6.45, 7) is 4.22. The number of hydrogen-bond acceptors (Lipinski definition) is 10. The van der Waals surface area contributed by atoms with Crippen molar-refractivity contribution >= 4 is 68.4 Å². The number of amides is 2. The van der Waals surface area contributed by atoms with E-state index in [-0.39, 0.29) is 57.0 Å². The fourth-order valence-corrected chi connectivity index (χ4v) is 5.62. The lowest BCUT2D eigenvalue weighted by molar-refractivity contribution is -0.154. The molecule has 0 N–H and O–H groups in total. The summed E-state index contributed by atoms with van der Waals surface area (Å²) in [4.78, 5) is 46.7. The molecule has 41 heavy (non-hydrogen) atoms. The Labute approximate surface area is 252 Å². The van der Waals surface area contributed by atoms with Crippen LogP contribution in [0.2, 0.25) is 10.0 Å². The summed E-state index contributed by atoms with van der Waals surface area (Å²) in [5, 5.41) is -0.178. The highest BCUT2D eigenvalue weighted by Gasteiger charge is 2.24. The molecule has 2 amide bonds. The van der Waals surface area contributed by atoms with E-state index in [0.717, 1.165) is 4.90 Å². The molecule has 0 spiro atoms. The number of carbonyl (C=O) groups excluding carboxylic acids is 4. The van der Waals surface area contributed by atoms with Crippen molar-refractivity contribution in [2.24, 2.45) is 0 Å². The summed E-state index contributed by atoms with van der Waals surface area (Å²) in [5.74, 6) is -2.04. The van der Waals surface area contributed by atoms with E-state index in [1.165, 1.54) is 64.1 Å². The number of benzene rings is 2. The fraction of sp³-hybridized carbons (Fsp3) is 0.385. The van der Waals surface area contributed by atoms with Crippen molar-refractivity contribution in [2.75, 3.05) is 25.6 Å². The molecule has 2 unspecified atom stereocenters.